The third-order valence-corrected chi connectivity index (χ3v) is 5.73. The van der Waals surface area contributed by atoms with Gasteiger partial charge in [-0.2, -0.15) is 13.2 Å². The number of amides is 1. The molecular formula is C22H20F3N3O3. The largest absolute Gasteiger partial charge is 0.486 e. The molecule has 3 aromatic rings. The van der Waals surface area contributed by atoms with E-state index in [2.05, 4.69) is 4.98 Å². The van der Waals surface area contributed by atoms with Gasteiger partial charge in [-0.15, -0.1) is 0 Å². The Morgan fingerprint density at radius 3 is 2.68 bits per heavy atom. The zero-order chi connectivity index (χ0) is 21.6. The molecule has 3 heterocycles. The van der Waals surface area contributed by atoms with E-state index >= 15 is 0 Å². The minimum absolute atomic E-state index is 0.215. The molecule has 162 valence electrons. The smallest absolute Gasteiger partial charge is 0.449 e. The second kappa shape index (κ2) is 7.47. The van der Waals surface area contributed by atoms with Crippen molar-refractivity contribution in [3.8, 4) is 11.5 Å². The quantitative estimate of drug-likeness (QED) is 0.624. The summed E-state index contributed by atoms with van der Waals surface area (Å²) in [6.45, 7) is 1.01. The maximum atomic E-state index is 13.6. The molecule has 1 atom stereocenters. The number of imidazole rings is 1. The van der Waals surface area contributed by atoms with Gasteiger partial charge in [0, 0.05) is 6.54 Å². The van der Waals surface area contributed by atoms with E-state index in [-0.39, 0.29) is 17.5 Å². The number of fused-ring (bicyclic) bond motifs is 2. The Morgan fingerprint density at radius 1 is 1.10 bits per heavy atom. The zero-order valence-electron chi connectivity index (χ0n) is 16.6. The van der Waals surface area contributed by atoms with Gasteiger partial charge in [0.15, 0.2) is 11.5 Å². The standard InChI is InChI=1S/C22H20F3N3O3/c23-22(24,25)21-26-15-4-1-2-5-17(15)28(21)13-20(29)27-9-3-6-16(27)14-7-8-18-19(12-14)31-11-10-30-18/h1-2,4-5,7-8,12,16H,3,6,9-11,13H2/t16-/m1/s1. The summed E-state index contributed by atoms with van der Waals surface area (Å²) in [4.78, 5) is 18.5. The Kier molecular flexibility index (Phi) is 4.75. The van der Waals surface area contributed by atoms with Crippen LogP contribution in [0.2, 0.25) is 0 Å². The molecule has 0 saturated carbocycles. The lowest BCUT2D eigenvalue weighted by Gasteiger charge is -2.27. The number of hydrogen-bond acceptors (Lipinski definition) is 4. The minimum atomic E-state index is -4.65. The number of carbonyl (C=O) groups excluding carboxylic acids is 1. The van der Waals surface area contributed by atoms with E-state index in [4.69, 9.17) is 9.47 Å². The third-order valence-electron chi connectivity index (χ3n) is 5.73. The highest BCUT2D eigenvalue weighted by molar-refractivity contribution is 5.81. The Morgan fingerprint density at radius 2 is 1.87 bits per heavy atom. The molecule has 0 bridgehead atoms. The number of nitrogens with zero attached hydrogens (tertiary/aromatic N) is 3. The fraction of sp³-hybridized carbons (Fsp3) is 0.364. The number of para-hydroxylation sites is 2. The van der Waals surface area contributed by atoms with Gasteiger partial charge in [0.1, 0.15) is 19.8 Å². The topological polar surface area (TPSA) is 56.6 Å². The van der Waals surface area contributed by atoms with E-state index in [9.17, 15) is 18.0 Å². The molecule has 2 aliphatic heterocycles. The van der Waals surface area contributed by atoms with Gasteiger partial charge in [0.05, 0.1) is 17.1 Å². The molecular weight excluding hydrogens is 411 g/mol. The number of ether oxygens (including phenoxy) is 2. The average Bonchev–Trinajstić information content (AvgIpc) is 3.39. The Balaban J connectivity index is 1.44. The van der Waals surface area contributed by atoms with Gasteiger partial charge in [-0.05, 0) is 42.7 Å². The summed E-state index contributed by atoms with van der Waals surface area (Å²) in [5.41, 5.74) is 1.40. The van der Waals surface area contributed by atoms with Crippen molar-refractivity contribution < 1.29 is 27.4 Å². The van der Waals surface area contributed by atoms with Crippen LogP contribution in [-0.4, -0.2) is 40.1 Å². The van der Waals surface area contributed by atoms with Gasteiger partial charge in [-0.3, -0.25) is 4.79 Å². The van der Waals surface area contributed by atoms with E-state index in [1.807, 2.05) is 18.2 Å². The summed E-state index contributed by atoms with van der Waals surface area (Å²) < 4.78 is 52.9. The first-order valence-corrected chi connectivity index (χ1v) is 10.1. The van der Waals surface area contributed by atoms with Crippen molar-refractivity contribution in [2.24, 2.45) is 0 Å². The van der Waals surface area contributed by atoms with Crippen LogP contribution in [0.1, 0.15) is 30.3 Å². The molecule has 2 aliphatic rings. The number of halogens is 3. The highest BCUT2D eigenvalue weighted by atomic mass is 19.4. The Labute approximate surface area is 176 Å². The number of aromatic nitrogens is 2. The molecule has 0 radical (unpaired) electrons. The summed E-state index contributed by atoms with van der Waals surface area (Å²) >= 11 is 0. The van der Waals surface area contributed by atoms with Crippen LogP contribution in [0, 0.1) is 0 Å². The lowest BCUT2D eigenvalue weighted by atomic mass is 10.0. The first-order valence-electron chi connectivity index (χ1n) is 10.1. The number of hydrogen-bond donors (Lipinski definition) is 0. The van der Waals surface area contributed by atoms with E-state index in [1.165, 1.54) is 6.07 Å². The Bertz CT molecular complexity index is 1140. The van der Waals surface area contributed by atoms with Crippen LogP contribution in [0.5, 0.6) is 11.5 Å². The predicted molar refractivity (Wildman–Crippen MR) is 106 cm³/mol. The second-order valence-corrected chi connectivity index (χ2v) is 7.66. The van der Waals surface area contributed by atoms with Crippen molar-refractivity contribution in [2.75, 3.05) is 19.8 Å². The molecule has 6 nitrogen and oxygen atoms in total. The lowest BCUT2D eigenvalue weighted by Crippen LogP contribution is -2.34. The first-order chi connectivity index (χ1) is 14.9. The van der Waals surface area contributed by atoms with Crippen molar-refractivity contribution in [1.29, 1.82) is 0 Å². The fourth-order valence-electron chi connectivity index (χ4n) is 4.36. The Hall–Kier alpha value is -3.23. The summed E-state index contributed by atoms with van der Waals surface area (Å²) in [6, 6.07) is 11.7. The molecule has 9 heteroatoms. The molecule has 1 saturated heterocycles. The number of rotatable bonds is 3. The zero-order valence-corrected chi connectivity index (χ0v) is 16.6. The second-order valence-electron chi connectivity index (χ2n) is 7.66. The van der Waals surface area contributed by atoms with Gasteiger partial charge >= 0.3 is 6.18 Å². The van der Waals surface area contributed by atoms with Crippen LogP contribution in [0.3, 0.4) is 0 Å². The van der Waals surface area contributed by atoms with Crippen molar-refractivity contribution >= 4 is 16.9 Å². The highest BCUT2D eigenvalue weighted by Gasteiger charge is 2.39. The van der Waals surface area contributed by atoms with E-state index in [0.717, 1.165) is 23.0 Å². The molecule has 1 aromatic heterocycles. The van der Waals surface area contributed by atoms with E-state index < -0.39 is 18.5 Å². The molecule has 2 aromatic carbocycles. The number of benzene rings is 2. The van der Waals surface area contributed by atoms with Crippen molar-refractivity contribution in [1.82, 2.24) is 14.5 Å². The lowest BCUT2D eigenvalue weighted by molar-refractivity contribution is -0.148. The summed E-state index contributed by atoms with van der Waals surface area (Å²) in [7, 11) is 0. The van der Waals surface area contributed by atoms with Gasteiger partial charge in [0.2, 0.25) is 11.7 Å². The molecule has 0 aliphatic carbocycles. The van der Waals surface area contributed by atoms with Crippen LogP contribution >= 0.6 is 0 Å². The van der Waals surface area contributed by atoms with E-state index in [0.29, 0.717) is 36.8 Å². The molecule has 0 unspecified atom stereocenters. The van der Waals surface area contributed by atoms with Gasteiger partial charge in [-0.1, -0.05) is 18.2 Å². The van der Waals surface area contributed by atoms with Gasteiger partial charge in [-0.25, -0.2) is 4.98 Å². The summed E-state index contributed by atoms with van der Waals surface area (Å²) in [5.74, 6) is -0.142. The van der Waals surface area contributed by atoms with Crippen molar-refractivity contribution in [3.63, 3.8) is 0 Å². The maximum Gasteiger partial charge on any atom is 0.449 e. The predicted octanol–water partition coefficient (Wildman–Crippen LogP) is 4.19. The van der Waals surface area contributed by atoms with Gasteiger partial charge < -0.3 is 18.9 Å². The molecule has 0 N–H and O–H groups in total. The van der Waals surface area contributed by atoms with Crippen molar-refractivity contribution in [3.05, 3.63) is 53.9 Å². The summed E-state index contributed by atoms with van der Waals surface area (Å²) in [5, 5.41) is 0. The summed E-state index contributed by atoms with van der Waals surface area (Å²) in [6.07, 6.45) is -3.14. The van der Waals surface area contributed by atoms with E-state index in [1.54, 1.807) is 23.1 Å². The fourth-order valence-corrected chi connectivity index (χ4v) is 4.36. The van der Waals surface area contributed by atoms with Crippen molar-refractivity contribution in [2.45, 2.75) is 31.6 Å². The third kappa shape index (κ3) is 3.58. The molecule has 0 spiro atoms. The first kappa shape index (κ1) is 19.7. The monoisotopic (exact) mass is 431 g/mol. The van der Waals surface area contributed by atoms with Crippen LogP contribution in [0.4, 0.5) is 13.2 Å². The maximum absolute atomic E-state index is 13.6. The van der Waals surface area contributed by atoms with Gasteiger partial charge in [0.25, 0.3) is 0 Å². The number of alkyl halides is 3. The minimum Gasteiger partial charge on any atom is -0.486 e. The normalized spacial score (nSPS) is 18.5. The van der Waals surface area contributed by atoms with Crippen LogP contribution in [0.25, 0.3) is 11.0 Å². The SMILES string of the molecule is O=C(Cn1c(C(F)(F)F)nc2ccccc21)N1CCC[C@@H]1c1ccc2c(c1)OCCO2. The highest BCUT2D eigenvalue weighted by Crippen LogP contribution is 2.38. The average molecular weight is 431 g/mol. The molecule has 5 rings (SSSR count). The van der Waals surface area contributed by atoms with Crippen LogP contribution < -0.4 is 9.47 Å². The molecule has 1 fully saturated rings. The molecule has 31 heavy (non-hydrogen) atoms. The van der Waals surface area contributed by atoms with Crippen LogP contribution in [-0.2, 0) is 17.5 Å². The van der Waals surface area contributed by atoms with Crippen LogP contribution in [0.15, 0.2) is 42.5 Å². The number of carbonyl (C=O) groups is 1. The molecule has 1 amide bonds. The number of likely N-dealkylation sites (tertiary alicyclic amines) is 1.